The van der Waals surface area contributed by atoms with Crippen LogP contribution >= 0.6 is 0 Å². The Bertz CT molecular complexity index is 1540. The van der Waals surface area contributed by atoms with Crippen LogP contribution in [0.25, 0.3) is 0 Å². The Kier molecular flexibility index (Phi) is 8.20. The van der Waals surface area contributed by atoms with Crippen LogP contribution in [0.15, 0.2) is 84.1 Å². The maximum atomic E-state index is 14.2. The number of nitrogen functional groups attached to an aromatic ring is 1. The van der Waals surface area contributed by atoms with Crippen molar-refractivity contribution >= 4 is 29.2 Å². The van der Waals surface area contributed by atoms with E-state index >= 15 is 0 Å². The molecule has 0 bridgehead atoms. The van der Waals surface area contributed by atoms with Gasteiger partial charge in [-0.1, -0.05) is 30.3 Å². The highest BCUT2D eigenvalue weighted by Crippen LogP contribution is 2.42. The third-order valence-electron chi connectivity index (χ3n) is 6.75. The van der Waals surface area contributed by atoms with Crippen LogP contribution in [-0.4, -0.2) is 28.3 Å². The van der Waals surface area contributed by atoms with Gasteiger partial charge in [-0.3, -0.25) is 9.69 Å². The number of nitrogens with zero attached hydrogens (tertiary/aromatic N) is 2. The maximum absolute atomic E-state index is 14.2. The summed E-state index contributed by atoms with van der Waals surface area (Å²) in [6.45, 7) is 8.18. The van der Waals surface area contributed by atoms with Gasteiger partial charge in [0.25, 0.3) is 0 Å². The number of ether oxygens (including phenoxy) is 1. The molecule has 0 saturated heterocycles. The van der Waals surface area contributed by atoms with Gasteiger partial charge in [-0.2, -0.15) is 13.2 Å². The van der Waals surface area contributed by atoms with Crippen molar-refractivity contribution in [2.75, 3.05) is 10.6 Å². The van der Waals surface area contributed by atoms with E-state index in [-0.39, 0.29) is 29.3 Å². The Morgan fingerprint density at radius 2 is 1.57 bits per heavy atom. The number of ketones is 1. The third kappa shape index (κ3) is 6.48. The molecule has 7 nitrogen and oxygen atoms in total. The smallest absolute Gasteiger partial charge is 0.416 e. The van der Waals surface area contributed by atoms with Gasteiger partial charge < -0.3 is 15.4 Å². The Balaban J connectivity index is 1.82. The lowest BCUT2D eigenvalue weighted by molar-refractivity contribution is -0.137. The third-order valence-corrected chi connectivity index (χ3v) is 6.75. The number of carbonyl (C=O) groups is 3. The summed E-state index contributed by atoms with van der Waals surface area (Å²) in [4.78, 5) is 42.4. The van der Waals surface area contributed by atoms with E-state index in [1.807, 2.05) is 0 Å². The Morgan fingerprint density at radius 1 is 0.952 bits per heavy atom. The molecule has 1 aliphatic rings. The van der Waals surface area contributed by atoms with Crippen LogP contribution in [0.1, 0.15) is 67.7 Å². The van der Waals surface area contributed by atoms with Crippen molar-refractivity contribution in [3.8, 4) is 0 Å². The second-order valence-electron chi connectivity index (χ2n) is 11.1. The van der Waals surface area contributed by atoms with Crippen molar-refractivity contribution in [1.82, 2.24) is 4.90 Å². The highest BCUT2D eigenvalue weighted by atomic mass is 19.4. The van der Waals surface area contributed by atoms with E-state index in [0.717, 1.165) is 17.0 Å². The normalized spacial score (nSPS) is 16.1. The SMILES string of the molecule is CC(=O)C1=C(C)N(c2cccc(C(F)(F)F)c2)C(=O)N(Cc2ccc(C(=O)OC(C)(C)C)cc2)C1c1ccc(N)cc1. The average Bonchev–Trinajstić information content (AvgIpc) is 2.89. The topological polar surface area (TPSA) is 92.9 Å². The number of carbonyl (C=O) groups excluding carboxylic acids is 3. The van der Waals surface area contributed by atoms with Gasteiger partial charge in [0, 0.05) is 23.5 Å². The minimum atomic E-state index is -4.63. The molecule has 0 aromatic heterocycles. The summed E-state index contributed by atoms with van der Waals surface area (Å²) < 4.78 is 46.1. The zero-order valence-corrected chi connectivity index (χ0v) is 24.0. The van der Waals surface area contributed by atoms with Crippen molar-refractivity contribution in [2.24, 2.45) is 0 Å². The van der Waals surface area contributed by atoms with E-state index < -0.39 is 35.4 Å². The van der Waals surface area contributed by atoms with Crippen LogP contribution in [0.3, 0.4) is 0 Å². The van der Waals surface area contributed by atoms with E-state index in [1.54, 1.807) is 76.2 Å². The van der Waals surface area contributed by atoms with Crippen LogP contribution in [0, 0.1) is 0 Å². The number of rotatable bonds is 6. The monoisotopic (exact) mass is 579 g/mol. The molecule has 3 aromatic carbocycles. The van der Waals surface area contributed by atoms with Gasteiger partial charge in [0.1, 0.15) is 5.60 Å². The van der Waals surface area contributed by atoms with Crippen LogP contribution in [-0.2, 0) is 22.3 Å². The Hall–Kier alpha value is -4.60. The van der Waals surface area contributed by atoms with E-state index in [9.17, 15) is 27.6 Å². The molecular weight excluding hydrogens is 547 g/mol. The number of anilines is 2. The lowest BCUT2D eigenvalue weighted by Gasteiger charge is -2.43. The number of halogens is 3. The molecule has 1 heterocycles. The summed E-state index contributed by atoms with van der Waals surface area (Å²) in [7, 11) is 0. The van der Waals surface area contributed by atoms with E-state index in [2.05, 4.69) is 0 Å². The zero-order valence-electron chi connectivity index (χ0n) is 24.0. The quantitative estimate of drug-likeness (QED) is 0.245. The molecule has 1 aliphatic heterocycles. The number of esters is 1. The zero-order chi connectivity index (χ0) is 31.0. The number of allylic oxidation sites excluding steroid dienone is 1. The minimum Gasteiger partial charge on any atom is -0.456 e. The molecule has 0 aliphatic carbocycles. The minimum absolute atomic E-state index is 0.0119. The van der Waals surface area contributed by atoms with Gasteiger partial charge in [-0.05, 0) is 88.2 Å². The lowest BCUT2D eigenvalue weighted by atomic mass is 9.90. The van der Waals surface area contributed by atoms with Gasteiger partial charge in [0.15, 0.2) is 5.78 Å². The molecule has 42 heavy (non-hydrogen) atoms. The first-order chi connectivity index (χ1) is 19.6. The molecule has 0 fully saturated rings. The van der Waals surface area contributed by atoms with Gasteiger partial charge in [-0.15, -0.1) is 0 Å². The fourth-order valence-electron chi connectivity index (χ4n) is 4.89. The van der Waals surface area contributed by atoms with Crippen LogP contribution in [0.2, 0.25) is 0 Å². The summed E-state index contributed by atoms with van der Waals surface area (Å²) in [6, 6.07) is 16.2. The largest absolute Gasteiger partial charge is 0.456 e. The van der Waals surface area contributed by atoms with Crippen LogP contribution < -0.4 is 10.6 Å². The fraction of sp³-hybridized carbons (Fsp3) is 0.281. The molecule has 1 unspecified atom stereocenters. The highest BCUT2D eigenvalue weighted by molar-refractivity contribution is 6.05. The lowest BCUT2D eigenvalue weighted by Crippen LogP contribution is -2.50. The number of benzene rings is 3. The Labute approximate surface area is 242 Å². The Morgan fingerprint density at radius 3 is 2.12 bits per heavy atom. The van der Waals surface area contributed by atoms with E-state index in [1.165, 1.54) is 24.0 Å². The molecule has 220 valence electrons. The van der Waals surface area contributed by atoms with Crippen molar-refractivity contribution in [2.45, 2.75) is 59.0 Å². The molecule has 0 spiro atoms. The predicted molar refractivity (Wildman–Crippen MR) is 153 cm³/mol. The number of Topliss-reactive ketones (excluding diaryl/α,β-unsaturated/α-hetero) is 1. The number of amides is 2. The molecule has 0 saturated carbocycles. The second-order valence-corrected chi connectivity index (χ2v) is 11.1. The molecule has 10 heteroatoms. The van der Waals surface area contributed by atoms with Crippen molar-refractivity contribution in [1.29, 1.82) is 0 Å². The van der Waals surface area contributed by atoms with Crippen molar-refractivity contribution in [3.05, 3.63) is 106 Å². The highest BCUT2D eigenvalue weighted by Gasteiger charge is 2.42. The number of nitrogens with two attached hydrogens (primary N) is 1. The van der Waals surface area contributed by atoms with Gasteiger partial charge in [0.2, 0.25) is 0 Å². The molecule has 2 N–H and O–H groups in total. The fourth-order valence-corrected chi connectivity index (χ4v) is 4.89. The van der Waals surface area contributed by atoms with E-state index in [0.29, 0.717) is 22.4 Å². The first kappa shape index (κ1) is 30.4. The van der Waals surface area contributed by atoms with Gasteiger partial charge in [0.05, 0.1) is 22.9 Å². The molecular formula is C32H32F3N3O4. The molecule has 2 amide bonds. The van der Waals surface area contributed by atoms with Crippen LogP contribution in [0.4, 0.5) is 29.3 Å². The molecule has 1 atom stereocenters. The number of hydrogen-bond acceptors (Lipinski definition) is 5. The first-order valence-corrected chi connectivity index (χ1v) is 13.2. The van der Waals surface area contributed by atoms with Crippen LogP contribution in [0.5, 0.6) is 0 Å². The number of urea groups is 1. The van der Waals surface area contributed by atoms with Crippen molar-refractivity contribution < 1.29 is 32.3 Å². The number of hydrogen-bond donors (Lipinski definition) is 1. The maximum Gasteiger partial charge on any atom is 0.416 e. The van der Waals surface area contributed by atoms with Crippen molar-refractivity contribution in [3.63, 3.8) is 0 Å². The first-order valence-electron chi connectivity index (χ1n) is 13.2. The summed E-state index contributed by atoms with van der Waals surface area (Å²) >= 11 is 0. The van der Waals surface area contributed by atoms with Gasteiger partial charge in [-0.25, -0.2) is 9.59 Å². The number of alkyl halides is 3. The van der Waals surface area contributed by atoms with Gasteiger partial charge >= 0.3 is 18.2 Å². The molecule has 4 rings (SSSR count). The molecule has 3 aromatic rings. The second kappa shape index (κ2) is 11.3. The molecule has 0 radical (unpaired) electrons. The summed E-state index contributed by atoms with van der Waals surface area (Å²) in [5, 5.41) is 0. The average molecular weight is 580 g/mol. The summed E-state index contributed by atoms with van der Waals surface area (Å²) in [5.74, 6) is -0.847. The standard InChI is InChI=1S/C32H32F3N3O4/c1-19-27(20(2)39)28(22-13-15-25(36)16-14-22)37(18-21-9-11-23(12-10-21)29(40)42-31(3,4)5)30(41)38(19)26-8-6-7-24(17-26)32(33,34)35/h6-17,28H,18,36H2,1-5H3. The van der Waals surface area contributed by atoms with E-state index in [4.69, 9.17) is 10.5 Å². The predicted octanol–water partition coefficient (Wildman–Crippen LogP) is 7.29. The summed E-state index contributed by atoms with van der Waals surface area (Å²) in [6.07, 6.45) is -4.63. The summed E-state index contributed by atoms with van der Waals surface area (Å²) in [5.41, 5.74) is 6.79.